The van der Waals surface area contributed by atoms with Gasteiger partial charge in [-0.3, -0.25) is 0 Å². The second kappa shape index (κ2) is 5.34. The summed E-state index contributed by atoms with van der Waals surface area (Å²) in [4.78, 5) is 0.00634. The average Bonchev–Trinajstić information content (AvgIpc) is 2.19. The predicted molar refractivity (Wildman–Crippen MR) is 58.3 cm³/mol. The molecule has 82 valence electrons. The number of nitrogens with zero attached hydrogens (tertiary/aromatic N) is 1. The van der Waals surface area contributed by atoms with Crippen molar-refractivity contribution in [2.75, 3.05) is 5.73 Å². The van der Waals surface area contributed by atoms with Gasteiger partial charge in [0, 0.05) is 6.57 Å². The maximum atomic E-state index is 11.0. The molecule has 0 spiro atoms. The number of benzene rings is 1. The minimum atomic E-state index is -3.69. The average molecular weight is 227 g/mol. The Morgan fingerprint density at radius 1 is 1.40 bits per heavy atom. The van der Waals surface area contributed by atoms with Crippen molar-refractivity contribution in [3.63, 3.8) is 0 Å². The Hall–Kier alpha value is -1.58. The first-order chi connectivity index (χ1) is 6.96. The Balaban J connectivity index is 0.000000921. The Kier molecular flexibility index (Phi) is 4.78. The van der Waals surface area contributed by atoms with Crippen LogP contribution in [0.1, 0.15) is 12.5 Å². The lowest BCUT2D eigenvalue weighted by Gasteiger charge is -2.06. The number of rotatable bonds is 2. The highest BCUT2D eigenvalue weighted by molar-refractivity contribution is 7.89. The fourth-order valence-electron chi connectivity index (χ4n) is 1.15. The molecule has 0 radical (unpaired) electrons. The zero-order valence-electron chi connectivity index (χ0n) is 8.34. The lowest BCUT2D eigenvalue weighted by Crippen LogP contribution is -2.15. The summed E-state index contributed by atoms with van der Waals surface area (Å²) in [5, 5.41) is 11.5. The molecule has 0 aliphatic carbocycles. The van der Waals surface area contributed by atoms with E-state index in [0.29, 0.717) is 6.42 Å². The molecule has 15 heavy (non-hydrogen) atoms. The van der Waals surface area contributed by atoms with Crippen LogP contribution in [0.4, 0.5) is 5.69 Å². The molecule has 0 saturated heterocycles. The number of sulfonamides is 1. The quantitative estimate of drug-likeness (QED) is 0.721. The van der Waals surface area contributed by atoms with Gasteiger partial charge in [-0.25, -0.2) is 18.8 Å². The predicted octanol–water partition coefficient (Wildman–Crippen LogP) is 0.618. The second-order valence-electron chi connectivity index (χ2n) is 2.73. The van der Waals surface area contributed by atoms with Gasteiger partial charge >= 0.3 is 0 Å². The topological polar surface area (TPSA) is 110 Å². The van der Waals surface area contributed by atoms with Gasteiger partial charge < -0.3 is 5.73 Å². The highest BCUT2D eigenvalue weighted by Crippen LogP contribution is 2.21. The zero-order valence-corrected chi connectivity index (χ0v) is 9.16. The molecule has 0 amide bonds. The van der Waals surface area contributed by atoms with Crippen molar-refractivity contribution in [1.29, 1.82) is 5.26 Å². The Labute approximate surface area is 89.4 Å². The normalized spacial score (nSPS) is 10.1. The number of nitrogens with two attached hydrogens (primary N) is 2. The van der Waals surface area contributed by atoms with Crippen molar-refractivity contribution in [2.24, 2.45) is 5.14 Å². The minimum absolute atomic E-state index is 0.00634. The standard InChI is InChI=1S/C8H12N2O2S.CHN/c1-2-6-4-3-5-7(8(6)9)13(10,11)12;1-2/h3-5H,2,9H2,1H3,(H2,10,11,12);1H. The van der Waals surface area contributed by atoms with E-state index in [4.69, 9.17) is 16.1 Å². The van der Waals surface area contributed by atoms with Crippen molar-refractivity contribution in [1.82, 2.24) is 0 Å². The van der Waals surface area contributed by atoms with Crippen LogP contribution in [0.3, 0.4) is 0 Å². The summed E-state index contributed by atoms with van der Waals surface area (Å²) in [5.74, 6) is 0. The fraction of sp³-hybridized carbons (Fsp3) is 0.222. The summed E-state index contributed by atoms with van der Waals surface area (Å²) in [6.07, 6.45) is 0.690. The smallest absolute Gasteiger partial charge is 0.240 e. The fourth-order valence-corrected chi connectivity index (χ4v) is 1.85. The number of anilines is 1. The number of aryl methyl sites for hydroxylation is 1. The van der Waals surface area contributed by atoms with E-state index in [1.54, 1.807) is 12.1 Å². The highest BCUT2D eigenvalue weighted by atomic mass is 32.2. The molecule has 5 nitrogen and oxygen atoms in total. The molecule has 0 heterocycles. The SMILES string of the molecule is C#N.CCc1cccc(S(N)(=O)=O)c1N. The van der Waals surface area contributed by atoms with E-state index in [-0.39, 0.29) is 10.6 Å². The third-order valence-electron chi connectivity index (χ3n) is 1.84. The van der Waals surface area contributed by atoms with E-state index in [1.165, 1.54) is 6.07 Å². The molecule has 0 fully saturated rings. The van der Waals surface area contributed by atoms with Gasteiger partial charge in [0.2, 0.25) is 10.0 Å². The third-order valence-corrected chi connectivity index (χ3v) is 2.81. The van der Waals surface area contributed by atoms with E-state index in [0.717, 1.165) is 5.56 Å². The van der Waals surface area contributed by atoms with Gasteiger partial charge in [-0.05, 0) is 18.1 Å². The van der Waals surface area contributed by atoms with Crippen molar-refractivity contribution in [2.45, 2.75) is 18.2 Å². The maximum absolute atomic E-state index is 11.0. The second-order valence-corrected chi connectivity index (χ2v) is 4.26. The van der Waals surface area contributed by atoms with Crippen molar-refractivity contribution in [3.8, 4) is 6.57 Å². The summed E-state index contributed by atoms with van der Waals surface area (Å²) in [6.45, 7) is 5.40. The third kappa shape index (κ3) is 3.23. The number of para-hydroxylation sites is 1. The molecule has 0 bridgehead atoms. The number of nitrogen functional groups attached to an aromatic ring is 1. The van der Waals surface area contributed by atoms with Gasteiger partial charge in [-0.15, -0.1) is 0 Å². The molecule has 0 aliphatic heterocycles. The van der Waals surface area contributed by atoms with Crippen LogP contribution in [-0.4, -0.2) is 8.42 Å². The van der Waals surface area contributed by atoms with Crippen molar-refractivity contribution >= 4 is 15.7 Å². The molecule has 6 heteroatoms. The molecule has 1 aromatic rings. The summed E-state index contributed by atoms with van der Waals surface area (Å²) >= 11 is 0. The molecule has 1 rings (SSSR count). The zero-order chi connectivity index (χ0) is 12.1. The first-order valence-electron chi connectivity index (χ1n) is 4.12. The van der Waals surface area contributed by atoms with Crippen LogP contribution >= 0.6 is 0 Å². The molecule has 4 N–H and O–H groups in total. The van der Waals surface area contributed by atoms with E-state index >= 15 is 0 Å². The highest BCUT2D eigenvalue weighted by Gasteiger charge is 2.13. The lowest BCUT2D eigenvalue weighted by molar-refractivity contribution is 0.598. The maximum Gasteiger partial charge on any atom is 0.240 e. The van der Waals surface area contributed by atoms with E-state index in [2.05, 4.69) is 6.57 Å². The number of nitriles is 1. The molecule has 0 aliphatic rings. The molecular weight excluding hydrogens is 214 g/mol. The van der Waals surface area contributed by atoms with E-state index in [1.807, 2.05) is 6.92 Å². The molecule has 0 unspecified atom stereocenters. The first-order valence-corrected chi connectivity index (χ1v) is 5.67. The van der Waals surface area contributed by atoms with Gasteiger partial charge in [0.25, 0.3) is 0 Å². The lowest BCUT2D eigenvalue weighted by atomic mass is 10.1. The summed E-state index contributed by atoms with van der Waals surface area (Å²) in [6, 6.07) is 4.82. The molecule has 1 aromatic carbocycles. The molecule has 0 saturated carbocycles. The van der Waals surface area contributed by atoms with Crippen LogP contribution in [0, 0.1) is 11.8 Å². The Bertz CT molecular complexity index is 452. The van der Waals surface area contributed by atoms with Crippen molar-refractivity contribution in [3.05, 3.63) is 23.8 Å². The molecular formula is C9H13N3O2S. The van der Waals surface area contributed by atoms with Gasteiger partial charge in [0.15, 0.2) is 0 Å². The van der Waals surface area contributed by atoms with Gasteiger partial charge in [0.1, 0.15) is 4.90 Å². The molecule has 0 atom stereocenters. The van der Waals surface area contributed by atoms with Crippen LogP contribution < -0.4 is 10.9 Å². The number of hydrogen-bond donors (Lipinski definition) is 2. The van der Waals surface area contributed by atoms with Crippen LogP contribution in [0.15, 0.2) is 23.1 Å². The summed E-state index contributed by atoms with van der Waals surface area (Å²) < 4.78 is 22.0. The molecule has 0 aromatic heterocycles. The summed E-state index contributed by atoms with van der Waals surface area (Å²) in [5.41, 5.74) is 6.68. The Morgan fingerprint density at radius 3 is 2.33 bits per heavy atom. The van der Waals surface area contributed by atoms with Crippen LogP contribution in [0.2, 0.25) is 0 Å². The van der Waals surface area contributed by atoms with Crippen LogP contribution in [0.25, 0.3) is 0 Å². The van der Waals surface area contributed by atoms with Crippen LogP contribution in [0.5, 0.6) is 0 Å². The van der Waals surface area contributed by atoms with Crippen LogP contribution in [-0.2, 0) is 16.4 Å². The largest absolute Gasteiger partial charge is 0.397 e. The first kappa shape index (κ1) is 13.4. The van der Waals surface area contributed by atoms with Crippen molar-refractivity contribution < 1.29 is 8.42 Å². The Morgan fingerprint density at radius 2 is 1.93 bits per heavy atom. The van der Waals surface area contributed by atoms with E-state index in [9.17, 15) is 8.42 Å². The van der Waals surface area contributed by atoms with Gasteiger partial charge in [0.05, 0.1) is 5.69 Å². The van der Waals surface area contributed by atoms with E-state index < -0.39 is 10.0 Å². The number of primary sulfonamides is 1. The van der Waals surface area contributed by atoms with Gasteiger partial charge in [-0.2, -0.15) is 0 Å². The minimum Gasteiger partial charge on any atom is -0.397 e. The monoisotopic (exact) mass is 227 g/mol. The van der Waals surface area contributed by atoms with Gasteiger partial charge in [-0.1, -0.05) is 19.1 Å². The summed E-state index contributed by atoms with van der Waals surface area (Å²) in [7, 11) is -3.69. The number of hydrogen-bond acceptors (Lipinski definition) is 4.